The van der Waals surface area contributed by atoms with Crippen molar-refractivity contribution >= 4 is 11.6 Å². The first-order valence-corrected chi connectivity index (χ1v) is 10.7. The first-order valence-electron chi connectivity index (χ1n) is 10.7. The number of aromatic nitrogens is 4. The zero-order valence-electron chi connectivity index (χ0n) is 17.8. The van der Waals surface area contributed by atoms with E-state index in [1.807, 2.05) is 24.5 Å². The van der Waals surface area contributed by atoms with Crippen molar-refractivity contribution in [3.8, 4) is 5.82 Å². The van der Waals surface area contributed by atoms with Gasteiger partial charge in [-0.2, -0.15) is 0 Å². The van der Waals surface area contributed by atoms with Gasteiger partial charge in [0.15, 0.2) is 11.5 Å². The van der Waals surface area contributed by atoms with Crippen LogP contribution in [0, 0.1) is 11.6 Å². The molecular formula is C24H22F2N6O. The monoisotopic (exact) mass is 448 g/mol. The molecule has 168 valence electrons. The molecule has 0 spiro atoms. The van der Waals surface area contributed by atoms with Crippen LogP contribution in [-0.2, 0) is 6.54 Å². The lowest BCUT2D eigenvalue weighted by atomic mass is 10.2. The number of carbonyl (C=O) groups is 1. The Balaban J connectivity index is 1.37. The third-order valence-electron chi connectivity index (χ3n) is 5.74. The molecule has 2 aromatic heterocycles. The van der Waals surface area contributed by atoms with Crippen LogP contribution in [0.4, 0.5) is 14.5 Å². The number of benzene rings is 2. The zero-order valence-corrected chi connectivity index (χ0v) is 17.8. The van der Waals surface area contributed by atoms with Gasteiger partial charge >= 0.3 is 0 Å². The summed E-state index contributed by atoms with van der Waals surface area (Å²) in [4.78, 5) is 17.3. The van der Waals surface area contributed by atoms with Crippen molar-refractivity contribution in [1.82, 2.24) is 24.5 Å². The summed E-state index contributed by atoms with van der Waals surface area (Å²) in [6.07, 6.45) is 3.65. The van der Waals surface area contributed by atoms with Crippen molar-refractivity contribution in [2.24, 2.45) is 0 Å². The summed E-state index contributed by atoms with van der Waals surface area (Å²) < 4.78 is 30.3. The highest BCUT2D eigenvalue weighted by molar-refractivity contribution is 5.95. The number of anilines is 1. The van der Waals surface area contributed by atoms with Crippen LogP contribution in [0.3, 0.4) is 0 Å². The molecule has 1 fully saturated rings. The van der Waals surface area contributed by atoms with Crippen molar-refractivity contribution in [3.63, 3.8) is 0 Å². The number of halogens is 2. The summed E-state index contributed by atoms with van der Waals surface area (Å²) in [5.74, 6) is -0.268. The molecule has 33 heavy (non-hydrogen) atoms. The van der Waals surface area contributed by atoms with Crippen LogP contribution < -0.4 is 4.90 Å². The molecule has 1 aliphatic rings. The van der Waals surface area contributed by atoms with Gasteiger partial charge in [-0.1, -0.05) is 17.3 Å². The SMILES string of the molecule is O=C(c1nnn(Cc2cccc(F)c2)c1-n1cccc1)N1CCN(c2ccc(F)cc2)CC1. The number of hydrogen-bond donors (Lipinski definition) is 0. The Bertz CT molecular complexity index is 1240. The molecule has 0 unspecified atom stereocenters. The standard InChI is InChI=1S/C24H22F2N6O/c25-19-6-8-21(9-7-19)29-12-14-31(15-13-29)24(33)22-23(30-10-1-2-11-30)32(28-27-22)17-18-4-3-5-20(26)16-18/h1-11,16H,12-15,17H2. The van der Waals surface area contributed by atoms with Crippen molar-refractivity contribution in [2.45, 2.75) is 6.54 Å². The van der Waals surface area contributed by atoms with Gasteiger partial charge in [-0.25, -0.2) is 13.5 Å². The molecule has 1 saturated heterocycles. The van der Waals surface area contributed by atoms with Crippen LogP contribution in [0.5, 0.6) is 0 Å². The van der Waals surface area contributed by atoms with Gasteiger partial charge in [-0.05, 0) is 54.1 Å². The largest absolute Gasteiger partial charge is 0.368 e. The van der Waals surface area contributed by atoms with Crippen molar-refractivity contribution in [2.75, 3.05) is 31.1 Å². The second-order valence-electron chi connectivity index (χ2n) is 7.90. The van der Waals surface area contributed by atoms with Gasteiger partial charge in [0.2, 0.25) is 0 Å². The smallest absolute Gasteiger partial charge is 0.278 e. The minimum atomic E-state index is -0.328. The van der Waals surface area contributed by atoms with Gasteiger partial charge in [0.25, 0.3) is 5.91 Å². The average molecular weight is 448 g/mol. The Labute approximate surface area is 189 Å². The van der Waals surface area contributed by atoms with Crippen LogP contribution in [0.2, 0.25) is 0 Å². The number of rotatable bonds is 5. The predicted octanol–water partition coefficient (Wildman–Crippen LogP) is 3.36. The summed E-state index contributed by atoms with van der Waals surface area (Å²) >= 11 is 0. The molecule has 3 heterocycles. The van der Waals surface area contributed by atoms with E-state index in [2.05, 4.69) is 15.2 Å². The van der Waals surface area contributed by atoms with Gasteiger partial charge in [-0.3, -0.25) is 4.79 Å². The van der Waals surface area contributed by atoms with E-state index in [0.29, 0.717) is 32.0 Å². The fraction of sp³-hybridized carbons (Fsp3) is 0.208. The highest BCUT2D eigenvalue weighted by Gasteiger charge is 2.28. The second kappa shape index (κ2) is 8.85. The minimum absolute atomic E-state index is 0.206. The van der Waals surface area contributed by atoms with Gasteiger partial charge in [0, 0.05) is 44.3 Å². The third kappa shape index (κ3) is 4.34. The van der Waals surface area contributed by atoms with E-state index < -0.39 is 0 Å². The minimum Gasteiger partial charge on any atom is -0.368 e. The predicted molar refractivity (Wildman–Crippen MR) is 119 cm³/mol. The highest BCUT2D eigenvalue weighted by Crippen LogP contribution is 2.20. The molecule has 0 aliphatic carbocycles. The normalized spacial score (nSPS) is 14.0. The summed E-state index contributed by atoms with van der Waals surface area (Å²) in [6.45, 7) is 2.57. The van der Waals surface area contributed by atoms with E-state index >= 15 is 0 Å². The molecular weight excluding hydrogens is 426 g/mol. The van der Waals surface area contributed by atoms with Gasteiger partial charge < -0.3 is 14.4 Å². The number of piperazine rings is 1. The first kappa shape index (κ1) is 20.9. The zero-order chi connectivity index (χ0) is 22.8. The van der Waals surface area contributed by atoms with Crippen LogP contribution >= 0.6 is 0 Å². The lowest BCUT2D eigenvalue weighted by Crippen LogP contribution is -2.49. The van der Waals surface area contributed by atoms with Gasteiger partial charge in [0.1, 0.15) is 11.6 Å². The second-order valence-corrected chi connectivity index (χ2v) is 7.90. The van der Waals surface area contributed by atoms with Crippen molar-refractivity contribution in [3.05, 3.63) is 95.9 Å². The molecule has 2 aromatic carbocycles. The van der Waals surface area contributed by atoms with Crippen molar-refractivity contribution < 1.29 is 13.6 Å². The topological polar surface area (TPSA) is 59.2 Å². The summed E-state index contributed by atoms with van der Waals surface area (Å²) in [7, 11) is 0. The Hall–Kier alpha value is -4.01. The van der Waals surface area contributed by atoms with E-state index in [9.17, 15) is 13.6 Å². The fourth-order valence-corrected chi connectivity index (χ4v) is 4.06. The van der Waals surface area contributed by atoms with E-state index in [0.717, 1.165) is 11.3 Å². The quantitative estimate of drug-likeness (QED) is 0.470. The fourth-order valence-electron chi connectivity index (χ4n) is 4.06. The maximum atomic E-state index is 13.7. The molecule has 1 amide bonds. The van der Waals surface area contributed by atoms with E-state index in [1.165, 1.54) is 24.3 Å². The summed E-state index contributed by atoms with van der Waals surface area (Å²) in [5.41, 5.74) is 1.90. The number of nitrogens with zero attached hydrogens (tertiary/aromatic N) is 6. The lowest BCUT2D eigenvalue weighted by Gasteiger charge is -2.35. The van der Waals surface area contributed by atoms with Gasteiger partial charge in [-0.15, -0.1) is 5.10 Å². The Morgan fingerprint density at radius 3 is 2.30 bits per heavy atom. The maximum absolute atomic E-state index is 13.7. The number of carbonyl (C=O) groups excluding carboxylic acids is 1. The molecule has 4 aromatic rings. The maximum Gasteiger partial charge on any atom is 0.278 e. The van der Waals surface area contributed by atoms with E-state index in [4.69, 9.17) is 0 Å². The molecule has 5 rings (SSSR count). The summed E-state index contributed by atoms with van der Waals surface area (Å²) in [5, 5.41) is 8.42. The summed E-state index contributed by atoms with van der Waals surface area (Å²) in [6, 6.07) is 16.4. The van der Waals surface area contributed by atoms with Crippen molar-refractivity contribution in [1.29, 1.82) is 0 Å². The molecule has 1 aliphatic heterocycles. The molecule has 0 radical (unpaired) electrons. The lowest BCUT2D eigenvalue weighted by molar-refractivity contribution is 0.0740. The molecule has 0 bridgehead atoms. The molecule has 0 saturated carbocycles. The van der Waals surface area contributed by atoms with E-state index in [-0.39, 0.29) is 29.8 Å². The molecule has 7 nitrogen and oxygen atoms in total. The third-order valence-corrected chi connectivity index (χ3v) is 5.74. The number of hydrogen-bond acceptors (Lipinski definition) is 4. The Morgan fingerprint density at radius 2 is 1.61 bits per heavy atom. The van der Waals surface area contributed by atoms with Crippen LogP contribution in [0.25, 0.3) is 5.82 Å². The number of amides is 1. The van der Waals surface area contributed by atoms with Crippen LogP contribution in [-0.4, -0.2) is 56.5 Å². The van der Waals surface area contributed by atoms with E-state index in [1.54, 1.807) is 38.4 Å². The first-order chi connectivity index (χ1) is 16.1. The van der Waals surface area contributed by atoms with Gasteiger partial charge in [0.05, 0.1) is 6.54 Å². The van der Waals surface area contributed by atoms with Crippen LogP contribution in [0.1, 0.15) is 16.1 Å². The molecule has 9 heteroatoms. The van der Waals surface area contributed by atoms with Crippen LogP contribution in [0.15, 0.2) is 73.1 Å². The Morgan fingerprint density at radius 1 is 0.879 bits per heavy atom. The highest BCUT2D eigenvalue weighted by atomic mass is 19.1. The average Bonchev–Trinajstić information content (AvgIpc) is 3.49. The Kier molecular flexibility index (Phi) is 5.60. The molecule has 0 N–H and O–H groups in total. The molecule has 0 atom stereocenters.